The maximum atomic E-state index is 13.2. The van der Waals surface area contributed by atoms with Gasteiger partial charge in [0.05, 0.1) is 12.8 Å². The van der Waals surface area contributed by atoms with Gasteiger partial charge in [-0.25, -0.2) is 9.18 Å². The molecule has 1 aromatic rings. The van der Waals surface area contributed by atoms with Crippen molar-refractivity contribution in [1.82, 2.24) is 9.55 Å². The number of nitrogens with two attached hydrogens (primary N) is 1. The molecule has 0 bridgehead atoms. The molecule has 1 aromatic heterocycles. The maximum absolute atomic E-state index is 13.2. The van der Waals surface area contributed by atoms with Gasteiger partial charge >= 0.3 is 5.69 Å². The Morgan fingerprint density at radius 2 is 2.22 bits per heavy atom. The summed E-state index contributed by atoms with van der Waals surface area (Å²) in [6, 6.07) is 0. The van der Waals surface area contributed by atoms with Gasteiger partial charge < -0.3 is 25.8 Å². The second kappa shape index (κ2) is 4.61. The molecular weight excluding hydrogens is 249 g/mol. The normalized spacial score (nSPS) is 28.8. The van der Waals surface area contributed by atoms with E-state index in [9.17, 15) is 19.4 Å². The fourth-order valence-corrected chi connectivity index (χ4v) is 1.59. The van der Waals surface area contributed by atoms with Gasteiger partial charge in [-0.1, -0.05) is 0 Å². The molecule has 1 radical (unpaired) electrons. The van der Waals surface area contributed by atoms with Gasteiger partial charge in [-0.05, 0) is 0 Å². The SMILES string of the molecule is Nc1nc(=O)n([C]2O[C@H](CO)[C@@H](O)[C@H]2O)cc1F. The highest BCUT2D eigenvalue weighted by Gasteiger charge is 2.45. The van der Waals surface area contributed by atoms with E-state index >= 15 is 0 Å². The van der Waals surface area contributed by atoms with Crippen LogP contribution in [0.4, 0.5) is 10.2 Å². The van der Waals surface area contributed by atoms with Gasteiger partial charge in [0.25, 0.3) is 0 Å². The van der Waals surface area contributed by atoms with Crippen molar-refractivity contribution in [2.75, 3.05) is 12.3 Å². The molecule has 8 nitrogen and oxygen atoms in total. The number of anilines is 1. The summed E-state index contributed by atoms with van der Waals surface area (Å²) in [4.78, 5) is 14.7. The maximum Gasteiger partial charge on any atom is 0.352 e. The lowest BCUT2D eigenvalue weighted by Gasteiger charge is -2.15. The van der Waals surface area contributed by atoms with E-state index in [2.05, 4.69) is 4.98 Å². The van der Waals surface area contributed by atoms with E-state index in [4.69, 9.17) is 15.6 Å². The highest BCUT2D eigenvalue weighted by Crippen LogP contribution is 2.27. The Hall–Kier alpha value is -1.55. The van der Waals surface area contributed by atoms with Gasteiger partial charge in [-0.15, -0.1) is 0 Å². The van der Waals surface area contributed by atoms with Crippen LogP contribution in [0.2, 0.25) is 0 Å². The standard InChI is InChI=1S/C9H11FN3O5/c10-3-1-13(9(17)12-7(3)11)8-6(16)5(15)4(2-14)18-8/h1,4-6,14-16H,2H2,(H2,11,12,17)/t4-,5-,6-/m1/s1. The third kappa shape index (κ3) is 1.97. The number of nitrogen functional groups attached to an aromatic ring is 1. The summed E-state index contributed by atoms with van der Waals surface area (Å²) < 4.78 is 18.8. The molecule has 2 heterocycles. The van der Waals surface area contributed by atoms with E-state index in [0.29, 0.717) is 10.8 Å². The summed E-state index contributed by atoms with van der Waals surface area (Å²) in [5, 5.41) is 28.0. The van der Waals surface area contributed by atoms with Crippen LogP contribution < -0.4 is 11.4 Å². The minimum Gasteiger partial charge on any atom is -0.394 e. The molecule has 99 valence electrons. The van der Waals surface area contributed by atoms with Crippen LogP contribution in [0.25, 0.3) is 0 Å². The van der Waals surface area contributed by atoms with Crippen LogP contribution in [-0.4, -0.2) is 49.8 Å². The number of aliphatic hydroxyl groups excluding tert-OH is 3. The van der Waals surface area contributed by atoms with Crippen molar-refractivity contribution >= 4 is 5.82 Å². The predicted molar refractivity (Wildman–Crippen MR) is 55.5 cm³/mol. The molecule has 18 heavy (non-hydrogen) atoms. The van der Waals surface area contributed by atoms with Crippen LogP contribution in [0.1, 0.15) is 0 Å². The topological polar surface area (TPSA) is 131 Å². The minimum atomic E-state index is -1.57. The second-order valence-corrected chi connectivity index (χ2v) is 3.74. The summed E-state index contributed by atoms with van der Waals surface area (Å²) in [6.07, 6.45) is -3.79. The zero-order chi connectivity index (χ0) is 13.4. The monoisotopic (exact) mass is 260 g/mol. The molecule has 5 N–H and O–H groups in total. The fourth-order valence-electron chi connectivity index (χ4n) is 1.59. The van der Waals surface area contributed by atoms with Crippen LogP contribution in [0.5, 0.6) is 0 Å². The van der Waals surface area contributed by atoms with Crippen molar-refractivity contribution in [1.29, 1.82) is 0 Å². The number of rotatable bonds is 2. The number of nitrogens with zero attached hydrogens (tertiary/aromatic N) is 2. The number of hydrogen-bond donors (Lipinski definition) is 4. The molecule has 3 atom stereocenters. The summed E-state index contributed by atoms with van der Waals surface area (Å²) in [5.41, 5.74) is 4.14. The lowest BCUT2D eigenvalue weighted by Crippen LogP contribution is -2.37. The quantitative estimate of drug-likeness (QED) is 0.459. The highest BCUT2D eigenvalue weighted by atomic mass is 19.1. The molecule has 1 saturated heterocycles. The Balaban J connectivity index is 2.39. The number of hydrogen-bond acceptors (Lipinski definition) is 7. The average Bonchev–Trinajstić information content (AvgIpc) is 2.61. The van der Waals surface area contributed by atoms with Gasteiger partial charge in [-0.3, -0.25) is 4.57 Å². The van der Waals surface area contributed by atoms with Gasteiger partial charge in [0, 0.05) is 0 Å². The summed E-state index contributed by atoms with van der Waals surface area (Å²) >= 11 is 0. The minimum absolute atomic E-state index is 0.405. The fraction of sp³-hybridized carbons (Fsp3) is 0.444. The predicted octanol–water partition coefficient (Wildman–Crippen LogP) is -2.58. The van der Waals surface area contributed by atoms with E-state index < -0.39 is 48.5 Å². The Morgan fingerprint density at radius 3 is 2.78 bits per heavy atom. The summed E-state index contributed by atoms with van der Waals surface area (Å²) in [7, 11) is 0. The molecule has 0 aliphatic carbocycles. The van der Waals surface area contributed by atoms with Crippen LogP contribution in [0, 0.1) is 12.0 Å². The number of halogens is 1. The van der Waals surface area contributed by atoms with Crippen LogP contribution >= 0.6 is 0 Å². The first-order valence-electron chi connectivity index (χ1n) is 5.01. The third-order valence-corrected chi connectivity index (χ3v) is 2.56. The molecule has 2 rings (SSSR count). The van der Waals surface area contributed by atoms with Gasteiger partial charge in [0.2, 0.25) is 6.23 Å². The molecule has 1 fully saturated rings. The highest BCUT2D eigenvalue weighted by molar-refractivity contribution is 5.27. The summed E-state index contributed by atoms with van der Waals surface area (Å²) in [6.45, 7) is -0.568. The molecule has 0 aromatic carbocycles. The van der Waals surface area contributed by atoms with E-state index in [1.807, 2.05) is 0 Å². The van der Waals surface area contributed by atoms with E-state index in [1.165, 1.54) is 0 Å². The zero-order valence-electron chi connectivity index (χ0n) is 9.02. The molecule has 0 spiro atoms. The van der Waals surface area contributed by atoms with Crippen molar-refractivity contribution < 1.29 is 24.4 Å². The molecule has 0 unspecified atom stereocenters. The first kappa shape index (κ1) is 12.9. The lowest BCUT2D eigenvalue weighted by atomic mass is 10.1. The molecule has 0 saturated carbocycles. The van der Waals surface area contributed by atoms with Crippen molar-refractivity contribution in [3.8, 4) is 0 Å². The van der Waals surface area contributed by atoms with Crippen LogP contribution in [0.3, 0.4) is 0 Å². The number of aromatic nitrogens is 2. The Kier molecular flexibility index (Phi) is 3.30. The first-order chi connectivity index (χ1) is 8.45. The Morgan fingerprint density at radius 1 is 1.56 bits per heavy atom. The van der Waals surface area contributed by atoms with Gasteiger partial charge in [0.15, 0.2) is 11.6 Å². The number of ether oxygens (including phenoxy) is 1. The van der Waals surface area contributed by atoms with Crippen LogP contribution in [-0.2, 0) is 4.74 Å². The largest absolute Gasteiger partial charge is 0.394 e. The van der Waals surface area contributed by atoms with Crippen molar-refractivity contribution in [2.24, 2.45) is 0 Å². The van der Waals surface area contributed by atoms with Crippen molar-refractivity contribution in [3.63, 3.8) is 0 Å². The average molecular weight is 260 g/mol. The molecule has 9 heteroatoms. The van der Waals surface area contributed by atoms with Gasteiger partial charge in [-0.2, -0.15) is 4.98 Å². The molecule has 1 aliphatic rings. The van der Waals surface area contributed by atoms with Gasteiger partial charge in [0.1, 0.15) is 18.3 Å². The Labute approximate surface area is 100 Å². The van der Waals surface area contributed by atoms with E-state index in [-0.39, 0.29) is 0 Å². The van der Waals surface area contributed by atoms with Crippen molar-refractivity contribution in [2.45, 2.75) is 18.3 Å². The smallest absolute Gasteiger partial charge is 0.352 e. The first-order valence-corrected chi connectivity index (χ1v) is 5.01. The van der Waals surface area contributed by atoms with E-state index in [1.54, 1.807) is 0 Å². The second-order valence-electron chi connectivity index (χ2n) is 3.74. The van der Waals surface area contributed by atoms with Crippen LogP contribution in [0.15, 0.2) is 11.0 Å². The van der Waals surface area contributed by atoms with Crippen molar-refractivity contribution in [3.05, 3.63) is 28.7 Å². The Bertz CT molecular complexity index is 507. The van der Waals surface area contributed by atoms with E-state index in [0.717, 1.165) is 0 Å². The summed E-state index contributed by atoms with van der Waals surface area (Å²) in [5.74, 6) is -1.55. The zero-order valence-corrected chi connectivity index (χ0v) is 9.02. The molecule has 0 amide bonds. The molecular formula is C9H11FN3O5. The third-order valence-electron chi connectivity index (χ3n) is 2.56. The number of aliphatic hydroxyl groups is 3. The lowest BCUT2D eigenvalue weighted by molar-refractivity contribution is -0.00689. The molecule has 1 aliphatic heterocycles.